The monoisotopic (exact) mass is 311 g/mol. The lowest BCUT2D eigenvalue weighted by molar-refractivity contribution is -0.126. The number of para-hydroxylation sites is 1. The van der Waals surface area contributed by atoms with Crippen LogP contribution in [0.1, 0.15) is 26.7 Å². The molecule has 1 aromatic rings. The Kier molecular flexibility index (Phi) is 2.80. The molecule has 0 aromatic heterocycles. The SMILES string of the molecule is CC1(C)CC(=O)C2=C(C1)O[C@@H]1C(=O)N(c3ccccc3)C(=O)[C@H]21. The summed E-state index contributed by atoms with van der Waals surface area (Å²) in [6.45, 7) is 3.98. The number of Topliss-reactive ketones (excluding diaryl/α,β-unsaturated/α-hetero) is 1. The molecule has 0 N–H and O–H groups in total. The number of hydrogen-bond acceptors (Lipinski definition) is 4. The van der Waals surface area contributed by atoms with Crippen LogP contribution in [-0.2, 0) is 19.1 Å². The average molecular weight is 311 g/mol. The molecule has 5 nitrogen and oxygen atoms in total. The standard InChI is InChI=1S/C18H17NO4/c1-18(2)8-11(20)13-12(9-18)23-15-14(13)16(21)19(17(15)22)10-6-4-3-5-7-10/h3-7,14-15H,8-9H2,1-2H3/t14-,15+/m1/s1. The Balaban J connectivity index is 1.74. The van der Waals surface area contributed by atoms with Gasteiger partial charge in [0.15, 0.2) is 11.9 Å². The van der Waals surface area contributed by atoms with E-state index in [0.717, 1.165) is 4.90 Å². The van der Waals surface area contributed by atoms with Crippen molar-refractivity contribution in [3.8, 4) is 0 Å². The predicted octanol–water partition coefficient (Wildman–Crippen LogP) is 2.22. The van der Waals surface area contributed by atoms with Crippen molar-refractivity contribution in [1.82, 2.24) is 0 Å². The average Bonchev–Trinajstić information content (AvgIpc) is 2.96. The second kappa shape index (κ2) is 4.54. The fourth-order valence-corrected chi connectivity index (χ4v) is 3.75. The lowest BCUT2D eigenvalue weighted by Crippen LogP contribution is -2.34. The van der Waals surface area contributed by atoms with Gasteiger partial charge in [0.1, 0.15) is 11.7 Å². The summed E-state index contributed by atoms with van der Waals surface area (Å²) < 4.78 is 5.78. The minimum Gasteiger partial charge on any atom is -0.483 e. The van der Waals surface area contributed by atoms with E-state index in [1.165, 1.54) is 0 Å². The van der Waals surface area contributed by atoms with Crippen molar-refractivity contribution in [3.63, 3.8) is 0 Å². The summed E-state index contributed by atoms with van der Waals surface area (Å²) in [5.41, 5.74) is 0.747. The number of benzene rings is 1. The van der Waals surface area contributed by atoms with Crippen molar-refractivity contribution in [3.05, 3.63) is 41.7 Å². The Labute approximate surface area is 133 Å². The van der Waals surface area contributed by atoms with E-state index in [4.69, 9.17) is 4.74 Å². The van der Waals surface area contributed by atoms with E-state index in [1.807, 2.05) is 19.9 Å². The Morgan fingerprint density at radius 3 is 2.43 bits per heavy atom. The number of fused-ring (bicyclic) bond motifs is 2. The second-order valence-electron chi connectivity index (χ2n) is 7.14. The summed E-state index contributed by atoms with van der Waals surface area (Å²) >= 11 is 0. The molecule has 1 saturated heterocycles. The first-order valence-corrected chi connectivity index (χ1v) is 7.75. The second-order valence-corrected chi connectivity index (χ2v) is 7.14. The molecule has 2 aliphatic heterocycles. The first kappa shape index (κ1) is 14.2. The highest BCUT2D eigenvalue weighted by Crippen LogP contribution is 2.48. The van der Waals surface area contributed by atoms with Gasteiger partial charge in [-0.2, -0.15) is 0 Å². The first-order valence-electron chi connectivity index (χ1n) is 7.75. The minimum absolute atomic E-state index is 0.0696. The highest BCUT2D eigenvalue weighted by atomic mass is 16.5. The van der Waals surface area contributed by atoms with E-state index >= 15 is 0 Å². The zero-order chi connectivity index (χ0) is 16.4. The summed E-state index contributed by atoms with van der Waals surface area (Å²) in [7, 11) is 0. The van der Waals surface area contributed by atoms with Gasteiger partial charge in [-0.3, -0.25) is 14.4 Å². The van der Waals surface area contributed by atoms with Crippen LogP contribution in [0.3, 0.4) is 0 Å². The largest absolute Gasteiger partial charge is 0.483 e. The van der Waals surface area contributed by atoms with Crippen LogP contribution in [0.2, 0.25) is 0 Å². The van der Waals surface area contributed by atoms with Gasteiger partial charge in [0.2, 0.25) is 5.91 Å². The lowest BCUT2D eigenvalue weighted by Gasteiger charge is -2.29. The van der Waals surface area contributed by atoms with Gasteiger partial charge in [-0.1, -0.05) is 32.0 Å². The maximum absolute atomic E-state index is 12.8. The normalized spacial score (nSPS) is 28.8. The van der Waals surface area contributed by atoms with Gasteiger partial charge in [-0.25, -0.2) is 4.90 Å². The Bertz CT molecular complexity index is 762. The van der Waals surface area contributed by atoms with Gasteiger partial charge in [-0.05, 0) is 17.5 Å². The van der Waals surface area contributed by atoms with Crippen molar-refractivity contribution in [2.24, 2.45) is 11.3 Å². The van der Waals surface area contributed by atoms with Crippen LogP contribution in [-0.4, -0.2) is 23.7 Å². The van der Waals surface area contributed by atoms with Crippen LogP contribution in [0.15, 0.2) is 41.7 Å². The number of ketones is 1. The van der Waals surface area contributed by atoms with Crippen molar-refractivity contribution < 1.29 is 19.1 Å². The van der Waals surface area contributed by atoms with Gasteiger partial charge in [0, 0.05) is 18.4 Å². The summed E-state index contributed by atoms with van der Waals surface area (Å²) in [5, 5.41) is 0. The number of carbonyl (C=O) groups is 3. The molecule has 118 valence electrons. The molecule has 1 aliphatic carbocycles. The number of imide groups is 1. The Morgan fingerprint density at radius 2 is 1.74 bits per heavy atom. The van der Waals surface area contributed by atoms with E-state index in [2.05, 4.69) is 0 Å². The van der Waals surface area contributed by atoms with Crippen LogP contribution in [0, 0.1) is 11.3 Å². The van der Waals surface area contributed by atoms with Crippen LogP contribution >= 0.6 is 0 Å². The van der Waals surface area contributed by atoms with E-state index in [-0.39, 0.29) is 23.0 Å². The fraction of sp³-hybridized carbons (Fsp3) is 0.389. The maximum atomic E-state index is 12.8. The van der Waals surface area contributed by atoms with Crippen molar-refractivity contribution in [2.45, 2.75) is 32.8 Å². The van der Waals surface area contributed by atoms with Crippen molar-refractivity contribution >= 4 is 23.3 Å². The van der Waals surface area contributed by atoms with Crippen LogP contribution in [0.5, 0.6) is 0 Å². The van der Waals surface area contributed by atoms with Gasteiger partial charge < -0.3 is 4.74 Å². The van der Waals surface area contributed by atoms with Gasteiger partial charge >= 0.3 is 0 Å². The van der Waals surface area contributed by atoms with E-state index < -0.39 is 12.0 Å². The van der Waals surface area contributed by atoms with E-state index in [0.29, 0.717) is 29.9 Å². The number of allylic oxidation sites excluding steroid dienone is 1. The van der Waals surface area contributed by atoms with Gasteiger partial charge in [0.25, 0.3) is 5.91 Å². The van der Waals surface area contributed by atoms with E-state index in [1.54, 1.807) is 24.3 Å². The Hall–Kier alpha value is -2.43. The molecule has 0 bridgehead atoms. The molecular formula is C18H17NO4. The minimum atomic E-state index is -0.884. The van der Waals surface area contributed by atoms with Crippen LogP contribution in [0.25, 0.3) is 0 Å². The number of ether oxygens (including phenoxy) is 1. The summed E-state index contributed by atoms with van der Waals surface area (Å²) in [4.78, 5) is 39.1. The third-order valence-electron chi connectivity index (χ3n) is 4.73. The number of anilines is 1. The first-order chi connectivity index (χ1) is 10.9. The number of hydrogen-bond donors (Lipinski definition) is 0. The number of amides is 2. The number of nitrogens with zero attached hydrogens (tertiary/aromatic N) is 1. The molecule has 2 atom stereocenters. The smallest absolute Gasteiger partial charge is 0.276 e. The summed E-state index contributed by atoms with van der Waals surface area (Å²) in [6, 6.07) is 8.77. The number of rotatable bonds is 1. The lowest BCUT2D eigenvalue weighted by atomic mass is 9.74. The predicted molar refractivity (Wildman–Crippen MR) is 82.3 cm³/mol. The third-order valence-corrected chi connectivity index (χ3v) is 4.73. The topological polar surface area (TPSA) is 63.7 Å². The number of carbonyl (C=O) groups excluding carboxylic acids is 3. The molecule has 4 rings (SSSR count). The van der Waals surface area contributed by atoms with Gasteiger partial charge in [-0.15, -0.1) is 0 Å². The molecule has 0 radical (unpaired) electrons. The zero-order valence-corrected chi connectivity index (χ0v) is 13.0. The zero-order valence-electron chi connectivity index (χ0n) is 13.0. The van der Waals surface area contributed by atoms with Crippen molar-refractivity contribution in [1.29, 1.82) is 0 Å². The molecule has 23 heavy (non-hydrogen) atoms. The Morgan fingerprint density at radius 1 is 1.04 bits per heavy atom. The highest BCUT2D eigenvalue weighted by Gasteiger charge is 2.59. The molecule has 1 aromatic carbocycles. The van der Waals surface area contributed by atoms with Crippen molar-refractivity contribution in [2.75, 3.05) is 4.90 Å². The fourth-order valence-electron chi connectivity index (χ4n) is 3.75. The maximum Gasteiger partial charge on any atom is 0.276 e. The molecule has 0 saturated carbocycles. The molecule has 0 unspecified atom stereocenters. The highest BCUT2D eigenvalue weighted by molar-refractivity contribution is 6.26. The quantitative estimate of drug-likeness (QED) is 0.746. The summed E-state index contributed by atoms with van der Waals surface area (Å²) in [6.07, 6.45) is 0.0867. The third kappa shape index (κ3) is 1.96. The molecule has 5 heteroatoms. The summed E-state index contributed by atoms with van der Waals surface area (Å²) in [5.74, 6) is -1.05. The molecule has 1 fully saturated rings. The molecular weight excluding hydrogens is 294 g/mol. The van der Waals surface area contributed by atoms with Crippen LogP contribution < -0.4 is 4.90 Å². The molecule has 2 amide bonds. The molecule has 0 spiro atoms. The molecule has 2 heterocycles. The van der Waals surface area contributed by atoms with E-state index in [9.17, 15) is 14.4 Å². The van der Waals surface area contributed by atoms with Crippen LogP contribution in [0.4, 0.5) is 5.69 Å². The molecule has 3 aliphatic rings. The van der Waals surface area contributed by atoms with Gasteiger partial charge in [0.05, 0.1) is 5.69 Å².